The van der Waals surface area contributed by atoms with Crippen molar-refractivity contribution >= 4 is 0 Å². The fourth-order valence-electron chi connectivity index (χ4n) is 3.39. The lowest BCUT2D eigenvalue weighted by molar-refractivity contribution is 0.181. The largest absolute Gasteiger partial charge is 0.497 e. The van der Waals surface area contributed by atoms with Crippen LogP contribution in [-0.4, -0.2) is 45.9 Å². The highest BCUT2D eigenvalue weighted by atomic mass is 16.5. The zero-order valence-corrected chi connectivity index (χ0v) is 15.9. The van der Waals surface area contributed by atoms with Crippen molar-refractivity contribution < 1.29 is 9.47 Å². The molecule has 0 aliphatic carbocycles. The van der Waals surface area contributed by atoms with Gasteiger partial charge in [-0.1, -0.05) is 12.1 Å². The Morgan fingerprint density at radius 2 is 2.14 bits per heavy atom. The highest BCUT2D eigenvalue weighted by Crippen LogP contribution is 2.23. The van der Waals surface area contributed by atoms with Gasteiger partial charge in [0.2, 0.25) is 0 Å². The van der Waals surface area contributed by atoms with Crippen molar-refractivity contribution in [3.63, 3.8) is 0 Å². The summed E-state index contributed by atoms with van der Waals surface area (Å²) >= 11 is 0. The topological polar surface area (TPSA) is 83.2 Å². The van der Waals surface area contributed by atoms with E-state index in [1.165, 1.54) is 4.68 Å². The molecule has 1 fully saturated rings. The van der Waals surface area contributed by atoms with Crippen LogP contribution in [0.1, 0.15) is 11.7 Å². The van der Waals surface area contributed by atoms with E-state index < -0.39 is 0 Å². The Morgan fingerprint density at radius 1 is 1.25 bits per heavy atom. The van der Waals surface area contributed by atoms with Crippen molar-refractivity contribution in [1.82, 2.24) is 24.9 Å². The maximum atomic E-state index is 12.5. The highest BCUT2D eigenvalue weighted by molar-refractivity contribution is 5.60. The van der Waals surface area contributed by atoms with Crippen LogP contribution >= 0.6 is 0 Å². The number of benzene rings is 1. The van der Waals surface area contributed by atoms with Gasteiger partial charge in [0.1, 0.15) is 5.75 Å². The van der Waals surface area contributed by atoms with Crippen molar-refractivity contribution in [2.24, 2.45) is 7.05 Å². The molecule has 0 saturated carbocycles. The molecule has 0 radical (unpaired) electrons. The SMILES string of the molecule is COc1cccc(-c2ccc(=O)n(C3COCC3NCc3ccnn3C)n2)c1. The van der Waals surface area contributed by atoms with E-state index in [-0.39, 0.29) is 17.6 Å². The maximum absolute atomic E-state index is 12.5. The van der Waals surface area contributed by atoms with Gasteiger partial charge in [0, 0.05) is 31.4 Å². The number of hydrogen-bond donors (Lipinski definition) is 1. The van der Waals surface area contributed by atoms with E-state index in [4.69, 9.17) is 9.47 Å². The Hall–Kier alpha value is -2.97. The van der Waals surface area contributed by atoms with Gasteiger partial charge in [-0.05, 0) is 24.3 Å². The van der Waals surface area contributed by atoms with E-state index in [0.717, 1.165) is 22.7 Å². The normalized spacial score (nSPS) is 19.1. The van der Waals surface area contributed by atoms with Gasteiger partial charge in [0.15, 0.2) is 0 Å². The second-order valence-electron chi connectivity index (χ2n) is 6.77. The quantitative estimate of drug-likeness (QED) is 0.695. The van der Waals surface area contributed by atoms with E-state index in [0.29, 0.717) is 19.8 Å². The molecule has 2 aromatic heterocycles. The molecule has 146 valence electrons. The number of hydrogen-bond acceptors (Lipinski definition) is 6. The van der Waals surface area contributed by atoms with Crippen LogP contribution in [0.25, 0.3) is 11.3 Å². The monoisotopic (exact) mass is 381 g/mol. The van der Waals surface area contributed by atoms with Crippen LogP contribution in [0.2, 0.25) is 0 Å². The second kappa shape index (κ2) is 7.95. The van der Waals surface area contributed by atoms with Gasteiger partial charge in [-0.25, -0.2) is 4.68 Å². The first-order chi connectivity index (χ1) is 13.7. The summed E-state index contributed by atoms with van der Waals surface area (Å²) in [5.74, 6) is 0.747. The van der Waals surface area contributed by atoms with Crippen LogP contribution in [0.3, 0.4) is 0 Å². The molecule has 8 heteroatoms. The van der Waals surface area contributed by atoms with Gasteiger partial charge in [0.05, 0.1) is 43.8 Å². The van der Waals surface area contributed by atoms with Gasteiger partial charge in [-0.3, -0.25) is 9.48 Å². The van der Waals surface area contributed by atoms with Crippen molar-refractivity contribution in [3.8, 4) is 17.0 Å². The van der Waals surface area contributed by atoms with Gasteiger partial charge in [-0.15, -0.1) is 0 Å². The third-order valence-corrected chi connectivity index (χ3v) is 5.02. The van der Waals surface area contributed by atoms with Crippen LogP contribution in [-0.2, 0) is 18.3 Å². The summed E-state index contributed by atoms with van der Waals surface area (Å²) in [5.41, 5.74) is 2.53. The van der Waals surface area contributed by atoms with Crippen molar-refractivity contribution in [3.05, 3.63) is 64.7 Å². The number of methoxy groups -OCH3 is 1. The predicted molar refractivity (Wildman–Crippen MR) is 104 cm³/mol. The van der Waals surface area contributed by atoms with Crippen molar-refractivity contribution in [1.29, 1.82) is 0 Å². The van der Waals surface area contributed by atoms with E-state index >= 15 is 0 Å². The fraction of sp³-hybridized carbons (Fsp3) is 0.350. The third-order valence-electron chi connectivity index (χ3n) is 5.02. The standard InChI is InChI=1S/C20H23N5O3/c1-24-15(8-9-22-24)11-21-18-12-28-13-19(18)25-20(26)7-6-17(23-25)14-4-3-5-16(10-14)27-2/h3-10,18-19,21H,11-13H2,1-2H3. The maximum Gasteiger partial charge on any atom is 0.267 e. The summed E-state index contributed by atoms with van der Waals surface area (Å²) in [6, 6.07) is 12.7. The fourth-order valence-corrected chi connectivity index (χ4v) is 3.39. The summed E-state index contributed by atoms with van der Waals surface area (Å²) in [5, 5.41) is 12.3. The molecule has 8 nitrogen and oxygen atoms in total. The second-order valence-corrected chi connectivity index (χ2v) is 6.77. The van der Waals surface area contributed by atoms with E-state index in [1.54, 1.807) is 25.4 Å². The molecule has 4 rings (SSSR count). The summed E-state index contributed by atoms with van der Waals surface area (Å²) in [4.78, 5) is 12.5. The molecule has 1 aliphatic rings. The number of ether oxygens (including phenoxy) is 2. The molecule has 1 aromatic carbocycles. The highest BCUT2D eigenvalue weighted by Gasteiger charge is 2.31. The summed E-state index contributed by atoms with van der Waals surface area (Å²) in [7, 11) is 3.53. The van der Waals surface area contributed by atoms with E-state index in [2.05, 4.69) is 15.5 Å². The number of rotatable bonds is 6. The van der Waals surface area contributed by atoms with Gasteiger partial charge in [0.25, 0.3) is 5.56 Å². The molecule has 0 spiro atoms. The first-order valence-corrected chi connectivity index (χ1v) is 9.18. The molecule has 2 unspecified atom stereocenters. The molecule has 1 saturated heterocycles. The average Bonchev–Trinajstić information content (AvgIpc) is 3.35. The lowest BCUT2D eigenvalue weighted by Gasteiger charge is -2.21. The summed E-state index contributed by atoms with van der Waals surface area (Å²) < 4.78 is 14.3. The average molecular weight is 381 g/mol. The van der Waals surface area contributed by atoms with Crippen LogP contribution in [0.15, 0.2) is 53.5 Å². The van der Waals surface area contributed by atoms with Crippen LogP contribution in [0.5, 0.6) is 5.75 Å². The molecular formula is C20H23N5O3. The van der Waals surface area contributed by atoms with Gasteiger partial charge >= 0.3 is 0 Å². The molecule has 1 aliphatic heterocycles. The lowest BCUT2D eigenvalue weighted by Crippen LogP contribution is -2.41. The van der Waals surface area contributed by atoms with Crippen LogP contribution in [0.4, 0.5) is 0 Å². The lowest BCUT2D eigenvalue weighted by atomic mass is 10.1. The Kier molecular flexibility index (Phi) is 5.23. The zero-order valence-electron chi connectivity index (χ0n) is 15.9. The van der Waals surface area contributed by atoms with Gasteiger partial charge < -0.3 is 14.8 Å². The molecule has 0 amide bonds. The summed E-state index contributed by atoms with van der Waals surface area (Å²) in [6.45, 7) is 1.61. The minimum absolute atomic E-state index is 0.0133. The number of aromatic nitrogens is 4. The molecule has 3 aromatic rings. The van der Waals surface area contributed by atoms with E-state index in [9.17, 15) is 4.79 Å². The predicted octanol–water partition coefficient (Wildman–Crippen LogP) is 1.38. The Balaban J connectivity index is 1.58. The van der Waals surface area contributed by atoms with Crippen LogP contribution in [0, 0.1) is 0 Å². The molecule has 2 atom stereocenters. The first-order valence-electron chi connectivity index (χ1n) is 9.18. The van der Waals surface area contributed by atoms with E-state index in [1.807, 2.05) is 42.1 Å². The van der Waals surface area contributed by atoms with Crippen molar-refractivity contribution in [2.45, 2.75) is 18.6 Å². The Morgan fingerprint density at radius 3 is 2.93 bits per heavy atom. The molecular weight excluding hydrogens is 358 g/mol. The third kappa shape index (κ3) is 3.69. The smallest absolute Gasteiger partial charge is 0.267 e. The van der Waals surface area contributed by atoms with Crippen molar-refractivity contribution in [2.75, 3.05) is 20.3 Å². The minimum Gasteiger partial charge on any atom is -0.497 e. The molecule has 0 bridgehead atoms. The Labute approximate surface area is 162 Å². The number of nitrogens with one attached hydrogen (secondary N) is 1. The number of nitrogens with zero attached hydrogens (tertiary/aromatic N) is 4. The number of aryl methyl sites for hydroxylation is 1. The molecule has 1 N–H and O–H groups in total. The van der Waals surface area contributed by atoms with Crippen LogP contribution < -0.4 is 15.6 Å². The van der Waals surface area contributed by atoms with Gasteiger partial charge in [-0.2, -0.15) is 10.2 Å². The molecule has 3 heterocycles. The summed E-state index contributed by atoms with van der Waals surface area (Å²) in [6.07, 6.45) is 1.77. The first kappa shape index (κ1) is 18.4. The zero-order chi connectivity index (χ0) is 19.5. The minimum atomic E-state index is -0.175. The Bertz CT molecular complexity index is 1010. The molecule has 28 heavy (non-hydrogen) atoms.